The second-order valence-corrected chi connectivity index (χ2v) is 7.93. The van der Waals surface area contributed by atoms with Gasteiger partial charge in [-0.2, -0.15) is 0 Å². The van der Waals surface area contributed by atoms with Crippen LogP contribution in [0, 0.1) is 23.6 Å². The summed E-state index contributed by atoms with van der Waals surface area (Å²) in [7, 11) is 0. The molecule has 7 heteroatoms. The highest BCUT2D eigenvalue weighted by atomic mass is 19.1. The fourth-order valence-electron chi connectivity index (χ4n) is 4.63. The molecule has 160 valence electrons. The van der Waals surface area contributed by atoms with E-state index in [1.54, 1.807) is 18.2 Å². The number of aliphatic hydroxyl groups is 2. The first kappa shape index (κ1) is 21.6. The number of fused-ring (bicyclic) bond motifs is 1. The topological polar surface area (TPSA) is 96.2 Å². The lowest BCUT2D eigenvalue weighted by atomic mass is 9.89. The minimum atomic E-state index is -0.821. The van der Waals surface area contributed by atoms with E-state index in [1.807, 2.05) is 0 Å². The zero-order valence-corrected chi connectivity index (χ0v) is 16.4. The van der Waals surface area contributed by atoms with E-state index in [2.05, 4.69) is 0 Å². The largest absolute Gasteiger partial charge is 0.512 e. The average Bonchev–Trinajstić information content (AvgIpc) is 3.19. The van der Waals surface area contributed by atoms with E-state index < -0.39 is 12.1 Å². The van der Waals surface area contributed by atoms with Gasteiger partial charge in [-0.25, -0.2) is 4.39 Å². The molecular weight excluding hydrogens is 379 g/mol. The predicted molar refractivity (Wildman–Crippen MR) is 104 cm³/mol. The summed E-state index contributed by atoms with van der Waals surface area (Å²) in [6, 6.07) is 5.77. The molecule has 0 aromatic heterocycles. The number of hydrogen-bond acceptors (Lipinski definition) is 5. The Kier molecular flexibility index (Phi) is 7.50. The molecule has 0 amide bonds. The van der Waals surface area contributed by atoms with E-state index in [0.717, 1.165) is 12.8 Å². The maximum absolute atomic E-state index is 12.9. The van der Waals surface area contributed by atoms with Crippen molar-refractivity contribution in [2.75, 3.05) is 13.2 Å². The molecule has 2 saturated carbocycles. The fourth-order valence-corrected chi connectivity index (χ4v) is 4.63. The average molecular weight is 408 g/mol. The van der Waals surface area contributed by atoms with Crippen molar-refractivity contribution in [1.29, 1.82) is 0 Å². The van der Waals surface area contributed by atoms with Gasteiger partial charge in [-0.1, -0.05) is 0 Å². The van der Waals surface area contributed by atoms with Crippen LogP contribution < -0.4 is 4.74 Å². The highest BCUT2D eigenvalue weighted by molar-refractivity contribution is 5.66. The Balaban J connectivity index is 1.45. The molecule has 6 nitrogen and oxygen atoms in total. The monoisotopic (exact) mass is 408 g/mol. The predicted octanol–water partition coefficient (Wildman–Crippen LogP) is 3.69. The molecule has 5 atom stereocenters. The SMILES string of the molecule is O=C(O)CCCO[C@@H]1C[C@@H]2C[C@@H](O)[C@H](/C(O)=C\CCOc3ccc(F)cc3)[C@@H]2C1. The molecule has 0 bridgehead atoms. The summed E-state index contributed by atoms with van der Waals surface area (Å²) < 4.78 is 24.2. The van der Waals surface area contributed by atoms with Crippen LogP contribution in [-0.2, 0) is 9.53 Å². The van der Waals surface area contributed by atoms with Crippen molar-refractivity contribution in [3.8, 4) is 5.75 Å². The molecule has 1 aromatic carbocycles. The molecule has 3 N–H and O–H groups in total. The van der Waals surface area contributed by atoms with Crippen LogP contribution in [0.15, 0.2) is 36.1 Å². The molecule has 2 aliphatic rings. The molecule has 0 aliphatic heterocycles. The summed E-state index contributed by atoms with van der Waals surface area (Å²) in [5, 5.41) is 29.6. The van der Waals surface area contributed by atoms with Gasteiger partial charge in [-0.05, 0) is 67.9 Å². The van der Waals surface area contributed by atoms with E-state index in [0.29, 0.717) is 44.1 Å². The molecule has 29 heavy (non-hydrogen) atoms. The Morgan fingerprint density at radius 2 is 1.90 bits per heavy atom. The van der Waals surface area contributed by atoms with Crippen LogP contribution in [0.25, 0.3) is 0 Å². The van der Waals surface area contributed by atoms with E-state index in [-0.39, 0.29) is 35.9 Å². The highest BCUT2D eigenvalue weighted by Crippen LogP contribution is 2.50. The van der Waals surface area contributed by atoms with Crippen LogP contribution in [0.2, 0.25) is 0 Å². The Labute approximate surface area is 170 Å². The number of carbonyl (C=O) groups is 1. The van der Waals surface area contributed by atoms with Gasteiger partial charge in [0.1, 0.15) is 11.6 Å². The molecule has 3 rings (SSSR count). The van der Waals surface area contributed by atoms with Crippen molar-refractivity contribution in [2.24, 2.45) is 17.8 Å². The van der Waals surface area contributed by atoms with E-state index in [4.69, 9.17) is 14.6 Å². The maximum atomic E-state index is 12.9. The standard InChI is InChI=1S/C22H29FO6/c23-15-5-7-16(8-6-15)28-9-1-3-19(24)22-18-13-17(11-14(18)12-20(22)25)29-10-2-4-21(26)27/h3,5-8,14,17-18,20,22,24-25H,1-2,4,9-13H2,(H,26,27)/b19-3+/t14-,17-,18-,20-,22+/m1/s1. The third-order valence-corrected chi connectivity index (χ3v) is 5.91. The van der Waals surface area contributed by atoms with Crippen molar-refractivity contribution < 1.29 is 34.0 Å². The minimum absolute atomic E-state index is 0.0587. The number of benzene rings is 1. The summed E-state index contributed by atoms with van der Waals surface area (Å²) in [5.74, 6) is -0.190. The molecular formula is C22H29FO6. The van der Waals surface area contributed by atoms with Crippen LogP contribution in [0.5, 0.6) is 5.75 Å². The zero-order chi connectivity index (χ0) is 20.8. The van der Waals surface area contributed by atoms with Crippen LogP contribution in [0.3, 0.4) is 0 Å². The van der Waals surface area contributed by atoms with Crippen molar-refractivity contribution in [3.63, 3.8) is 0 Å². The molecule has 0 saturated heterocycles. The fraction of sp³-hybridized carbons (Fsp3) is 0.591. The lowest BCUT2D eigenvalue weighted by molar-refractivity contribution is -0.137. The van der Waals surface area contributed by atoms with Crippen LogP contribution in [0.4, 0.5) is 4.39 Å². The van der Waals surface area contributed by atoms with Gasteiger partial charge < -0.3 is 24.8 Å². The summed E-state index contributed by atoms with van der Waals surface area (Å²) in [6.07, 6.45) is 4.52. The molecule has 0 unspecified atom stereocenters. The van der Waals surface area contributed by atoms with Crippen LogP contribution >= 0.6 is 0 Å². The first-order chi connectivity index (χ1) is 13.9. The second kappa shape index (κ2) is 10.1. The van der Waals surface area contributed by atoms with Crippen molar-refractivity contribution in [1.82, 2.24) is 0 Å². The summed E-state index contributed by atoms with van der Waals surface area (Å²) in [4.78, 5) is 10.6. The van der Waals surface area contributed by atoms with E-state index >= 15 is 0 Å². The van der Waals surface area contributed by atoms with Gasteiger partial charge in [-0.3, -0.25) is 4.79 Å². The Hall–Kier alpha value is -2.12. The number of carboxylic acids is 1. The maximum Gasteiger partial charge on any atom is 0.303 e. The Morgan fingerprint density at radius 3 is 2.62 bits per heavy atom. The second-order valence-electron chi connectivity index (χ2n) is 7.93. The molecule has 2 aliphatic carbocycles. The first-order valence-electron chi connectivity index (χ1n) is 10.2. The van der Waals surface area contributed by atoms with Gasteiger partial charge in [0, 0.05) is 25.4 Å². The molecule has 2 fully saturated rings. The summed E-state index contributed by atoms with van der Waals surface area (Å²) in [5.41, 5.74) is 0. The third-order valence-electron chi connectivity index (χ3n) is 5.91. The normalized spacial score (nSPS) is 29.0. The summed E-state index contributed by atoms with van der Waals surface area (Å²) >= 11 is 0. The van der Waals surface area contributed by atoms with Gasteiger partial charge in [0.2, 0.25) is 0 Å². The van der Waals surface area contributed by atoms with Gasteiger partial charge in [0.25, 0.3) is 0 Å². The molecule has 0 radical (unpaired) electrons. The van der Waals surface area contributed by atoms with Crippen molar-refractivity contribution >= 4 is 5.97 Å². The lowest BCUT2D eigenvalue weighted by Crippen LogP contribution is -2.23. The molecule has 0 spiro atoms. The number of aliphatic carboxylic acids is 1. The number of ether oxygens (including phenoxy) is 2. The van der Waals surface area contributed by atoms with Crippen molar-refractivity contribution in [3.05, 3.63) is 41.9 Å². The smallest absolute Gasteiger partial charge is 0.303 e. The van der Waals surface area contributed by atoms with Crippen LogP contribution in [0.1, 0.15) is 38.5 Å². The zero-order valence-electron chi connectivity index (χ0n) is 16.4. The Morgan fingerprint density at radius 1 is 1.14 bits per heavy atom. The van der Waals surface area contributed by atoms with Gasteiger partial charge >= 0.3 is 5.97 Å². The Bertz CT molecular complexity index is 704. The first-order valence-corrected chi connectivity index (χ1v) is 10.2. The quantitative estimate of drug-likeness (QED) is 0.404. The highest BCUT2D eigenvalue weighted by Gasteiger charge is 2.49. The third kappa shape index (κ3) is 5.93. The number of hydrogen-bond donors (Lipinski definition) is 3. The minimum Gasteiger partial charge on any atom is -0.512 e. The number of aliphatic hydroxyl groups excluding tert-OH is 2. The van der Waals surface area contributed by atoms with Crippen LogP contribution in [-0.4, -0.2) is 46.7 Å². The van der Waals surface area contributed by atoms with Gasteiger partial charge in [0.05, 0.1) is 24.6 Å². The number of halogens is 1. The molecule has 1 aromatic rings. The van der Waals surface area contributed by atoms with Gasteiger partial charge in [0.15, 0.2) is 0 Å². The van der Waals surface area contributed by atoms with Crippen molar-refractivity contribution in [2.45, 2.75) is 50.7 Å². The number of carboxylic acid groups (broad SMARTS) is 1. The van der Waals surface area contributed by atoms with E-state index in [9.17, 15) is 19.4 Å². The van der Waals surface area contributed by atoms with Gasteiger partial charge in [-0.15, -0.1) is 0 Å². The molecule has 0 heterocycles. The van der Waals surface area contributed by atoms with E-state index in [1.165, 1.54) is 12.1 Å². The number of rotatable bonds is 10. The lowest BCUT2D eigenvalue weighted by Gasteiger charge is -2.21. The summed E-state index contributed by atoms with van der Waals surface area (Å²) in [6.45, 7) is 0.772.